The van der Waals surface area contributed by atoms with Crippen molar-refractivity contribution in [2.24, 2.45) is 0 Å². The van der Waals surface area contributed by atoms with Crippen molar-refractivity contribution in [1.29, 1.82) is 5.26 Å². The Morgan fingerprint density at radius 2 is 1.29 bits per heavy atom. The molecule has 4 aromatic carbocycles. The molecular weight excluding hydrogens is 374 g/mol. The van der Waals surface area contributed by atoms with Crippen molar-refractivity contribution in [2.45, 2.75) is 19.8 Å². The third kappa shape index (κ3) is 3.69. The van der Waals surface area contributed by atoms with Crippen molar-refractivity contribution in [3.05, 3.63) is 113 Å². The zero-order chi connectivity index (χ0) is 21.2. The molecule has 148 valence electrons. The smallest absolute Gasteiger partial charge is 0.0991 e. The van der Waals surface area contributed by atoms with E-state index in [1.165, 1.54) is 38.9 Å². The zero-order valence-corrected chi connectivity index (χ0v) is 17.6. The largest absolute Gasteiger partial charge is 0.192 e. The van der Waals surface area contributed by atoms with Crippen LogP contribution < -0.4 is 0 Å². The van der Waals surface area contributed by atoms with Crippen LogP contribution in [0.25, 0.3) is 39.5 Å². The van der Waals surface area contributed by atoms with Crippen LogP contribution in [0.1, 0.15) is 28.7 Å². The summed E-state index contributed by atoms with van der Waals surface area (Å²) in [5, 5.41) is 9.03. The predicted molar refractivity (Wildman–Crippen MR) is 130 cm³/mol. The molecule has 0 unspecified atom stereocenters. The molecule has 0 heterocycles. The van der Waals surface area contributed by atoms with Gasteiger partial charge in [-0.05, 0) is 76.4 Å². The van der Waals surface area contributed by atoms with E-state index in [2.05, 4.69) is 85.8 Å². The van der Waals surface area contributed by atoms with Crippen molar-refractivity contribution < 1.29 is 0 Å². The molecule has 1 aliphatic carbocycles. The van der Waals surface area contributed by atoms with E-state index < -0.39 is 0 Å². The zero-order valence-electron chi connectivity index (χ0n) is 17.6. The second-order valence-electron chi connectivity index (χ2n) is 8.13. The van der Waals surface area contributed by atoms with Gasteiger partial charge in [-0.2, -0.15) is 5.26 Å². The summed E-state index contributed by atoms with van der Waals surface area (Å²) in [4.78, 5) is 0. The Kier molecular flexibility index (Phi) is 4.98. The Hall–Kier alpha value is -3.89. The monoisotopic (exact) mass is 397 g/mol. The first-order chi connectivity index (χ1) is 15.2. The van der Waals surface area contributed by atoms with Gasteiger partial charge in [0.2, 0.25) is 0 Å². The number of fused-ring (bicyclic) bond motifs is 1. The van der Waals surface area contributed by atoms with Gasteiger partial charge in [0, 0.05) is 0 Å². The number of aryl methyl sites for hydroxylation is 1. The SMILES string of the molecule is Cc1ccc(-c2c(-c3ccc(-c4ccc(C#N)cc4)cc3)ccc3c2CCC=C3)cc1. The number of nitriles is 1. The van der Waals surface area contributed by atoms with E-state index in [0.717, 1.165) is 24.0 Å². The van der Waals surface area contributed by atoms with Crippen LogP contribution in [0.5, 0.6) is 0 Å². The lowest BCUT2D eigenvalue weighted by Gasteiger charge is -2.20. The third-order valence-electron chi connectivity index (χ3n) is 6.09. The van der Waals surface area contributed by atoms with Crippen LogP contribution in [-0.2, 0) is 6.42 Å². The molecule has 0 saturated heterocycles. The lowest BCUT2D eigenvalue weighted by Crippen LogP contribution is -2.00. The van der Waals surface area contributed by atoms with E-state index >= 15 is 0 Å². The van der Waals surface area contributed by atoms with Crippen LogP contribution in [0.15, 0.2) is 91.0 Å². The molecule has 0 N–H and O–H groups in total. The van der Waals surface area contributed by atoms with Gasteiger partial charge in [0.25, 0.3) is 0 Å². The van der Waals surface area contributed by atoms with E-state index in [-0.39, 0.29) is 0 Å². The van der Waals surface area contributed by atoms with E-state index in [4.69, 9.17) is 5.26 Å². The van der Waals surface area contributed by atoms with Crippen LogP contribution >= 0.6 is 0 Å². The summed E-state index contributed by atoms with van der Waals surface area (Å²) in [6.07, 6.45) is 6.70. The summed E-state index contributed by atoms with van der Waals surface area (Å²) >= 11 is 0. The van der Waals surface area contributed by atoms with Gasteiger partial charge < -0.3 is 0 Å². The molecule has 0 saturated carbocycles. The molecule has 1 aliphatic rings. The summed E-state index contributed by atoms with van der Waals surface area (Å²) in [7, 11) is 0. The van der Waals surface area contributed by atoms with Crippen LogP contribution in [0.2, 0.25) is 0 Å². The van der Waals surface area contributed by atoms with Crippen molar-refractivity contribution in [3.63, 3.8) is 0 Å². The predicted octanol–water partition coefficient (Wildman–Crippen LogP) is 7.83. The van der Waals surface area contributed by atoms with Crippen LogP contribution in [0, 0.1) is 18.3 Å². The standard InChI is InChI=1S/C30H23N/c1-21-6-10-27(11-7-21)30-28-5-3-2-4-25(28)18-19-29(30)26-16-14-24(15-17-26)23-12-8-22(20-31)9-13-23/h2,4,6-19H,3,5H2,1H3. The molecule has 0 aliphatic heterocycles. The van der Waals surface area contributed by atoms with E-state index in [0.29, 0.717) is 5.56 Å². The topological polar surface area (TPSA) is 23.8 Å². The molecule has 0 amide bonds. The molecule has 0 spiro atoms. The summed E-state index contributed by atoms with van der Waals surface area (Å²) in [5.41, 5.74) is 12.2. The lowest BCUT2D eigenvalue weighted by atomic mass is 9.83. The van der Waals surface area contributed by atoms with E-state index in [9.17, 15) is 0 Å². The van der Waals surface area contributed by atoms with Gasteiger partial charge >= 0.3 is 0 Å². The molecule has 5 rings (SSSR count). The normalized spacial score (nSPS) is 12.3. The van der Waals surface area contributed by atoms with Gasteiger partial charge in [0.15, 0.2) is 0 Å². The van der Waals surface area contributed by atoms with Crippen molar-refractivity contribution in [1.82, 2.24) is 0 Å². The van der Waals surface area contributed by atoms with Gasteiger partial charge in [-0.15, -0.1) is 0 Å². The highest BCUT2D eigenvalue weighted by Gasteiger charge is 2.17. The van der Waals surface area contributed by atoms with Crippen LogP contribution in [-0.4, -0.2) is 0 Å². The number of rotatable bonds is 3. The lowest BCUT2D eigenvalue weighted by molar-refractivity contribution is 0.988. The minimum absolute atomic E-state index is 0.686. The van der Waals surface area contributed by atoms with E-state index in [1.54, 1.807) is 0 Å². The Bertz CT molecular complexity index is 1300. The molecule has 0 aromatic heterocycles. The Morgan fingerprint density at radius 3 is 1.97 bits per heavy atom. The molecule has 0 atom stereocenters. The number of hydrogen-bond donors (Lipinski definition) is 0. The molecular formula is C30H23N. The number of nitrogens with zero attached hydrogens (tertiary/aromatic N) is 1. The average Bonchev–Trinajstić information content (AvgIpc) is 2.84. The molecule has 1 heteroatoms. The Labute approximate surface area is 183 Å². The quantitative estimate of drug-likeness (QED) is 0.345. The van der Waals surface area contributed by atoms with Crippen LogP contribution in [0.4, 0.5) is 0 Å². The second-order valence-corrected chi connectivity index (χ2v) is 8.13. The summed E-state index contributed by atoms with van der Waals surface area (Å²) in [5.74, 6) is 0. The first kappa shape index (κ1) is 19.1. The van der Waals surface area contributed by atoms with Gasteiger partial charge in [-0.3, -0.25) is 0 Å². The summed E-state index contributed by atoms with van der Waals surface area (Å²) in [6.45, 7) is 2.13. The number of hydrogen-bond acceptors (Lipinski definition) is 1. The minimum Gasteiger partial charge on any atom is -0.192 e. The van der Waals surface area contributed by atoms with Gasteiger partial charge in [-0.1, -0.05) is 90.5 Å². The maximum Gasteiger partial charge on any atom is 0.0991 e. The van der Waals surface area contributed by atoms with Gasteiger partial charge in [0.1, 0.15) is 0 Å². The minimum atomic E-state index is 0.686. The van der Waals surface area contributed by atoms with Crippen LogP contribution in [0.3, 0.4) is 0 Å². The molecule has 0 fully saturated rings. The van der Waals surface area contributed by atoms with Gasteiger partial charge in [-0.25, -0.2) is 0 Å². The average molecular weight is 398 g/mol. The first-order valence-corrected chi connectivity index (χ1v) is 10.7. The fraction of sp³-hybridized carbons (Fsp3) is 0.100. The third-order valence-corrected chi connectivity index (χ3v) is 6.09. The summed E-state index contributed by atoms with van der Waals surface area (Å²) in [6, 6.07) is 32.1. The number of allylic oxidation sites excluding steroid dienone is 1. The van der Waals surface area contributed by atoms with E-state index in [1.807, 2.05) is 24.3 Å². The Morgan fingerprint density at radius 1 is 0.677 bits per heavy atom. The highest BCUT2D eigenvalue weighted by molar-refractivity contribution is 5.89. The van der Waals surface area contributed by atoms with Gasteiger partial charge in [0.05, 0.1) is 11.6 Å². The number of benzene rings is 4. The molecule has 0 bridgehead atoms. The second kappa shape index (κ2) is 8.09. The first-order valence-electron chi connectivity index (χ1n) is 10.7. The molecule has 0 radical (unpaired) electrons. The van der Waals surface area contributed by atoms with Crippen molar-refractivity contribution in [2.75, 3.05) is 0 Å². The Balaban J connectivity index is 1.60. The maximum absolute atomic E-state index is 9.03. The fourth-order valence-electron chi connectivity index (χ4n) is 4.40. The maximum atomic E-state index is 9.03. The van der Waals surface area contributed by atoms with Crippen molar-refractivity contribution in [3.8, 4) is 39.4 Å². The fourth-order valence-corrected chi connectivity index (χ4v) is 4.40. The van der Waals surface area contributed by atoms with Crippen molar-refractivity contribution >= 4 is 6.08 Å². The summed E-state index contributed by atoms with van der Waals surface area (Å²) < 4.78 is 0. The molecule has 1 nitrogen and oxygen atoms in total. The highest BCUT2D eigenvalue weighted by atomic mass is 14.2. The molecule has 4 aromatic rings. The highest BCUT2D eigenvalue weighted by Crippen LogP contribution is 2.39. The molecule has 31 heavy (non-hydrogen) atoms.